The van der Waals surface area contributed by atoms with Crippen LogP contribution in [0, 0.1) is 47.4 Å². The second kappa shape index (κ2) is 19.5. The molecule has 0 spiro atoms. The molecule has 2 saturated heterocycles. The van der Waals surface area contributed by atoms with E-state index in [-0.39, 0.29) is 26.3 Å². The van der Waals surface area contributed by atoms with Crippen LogP contribution in [0.15, 0.2) is 110 Å². The molecule has 8 rings (SSSR count). The predicted octanol–water partition coefficient (Wildman–Crippen LogP) is 4.36. The molecule has 2 N–H and O–H groups in total. The fourth-order valence-electron chi connectivity index (χ4n) is 7.28. The third-order valence-electron chi connectivity index (χ3n) is 10.3. The van der Waals surface area contributed by atoms with Crippen molar-refractivity contribution < 1.29 is 33.4 Å². The van der Waals surface area contributed by atoms with Gasteiger partial charge >= 0.3 is 24.0 Å². The number of ether oxygens (including phenoxy) is 2. The number of nitrogens with zero attached hydrogens (tertiary/aromatic N) is 5. The number of benzene rings is 3. The molecule has 5 amide bonds. The van der Waals surface area contributed by atoms with Crippen LogP contribution < -0.4 is 10.6 Å². The van der Waals surface area contributed by atoms with Crippen molar-refractivity contribution in [2.45, 2.75) is 38.3 Å². The minimum Gasteiger partial charge on any atom is -0.463 e. The fourth-order valence-corrected chi connectivity index (χ4v) is 7.28. The number of pyridine rings is 2. The third-order valence-corrected chi connectivity index (χ3v) is 10.3. The Labute approximate surface area is 376 Å². The van der Waals surface area contributed by atoms with Crippen molar-refractivity contribution in [1.82, 2.24) is 35.3 Å². The molecule has 65 heavy (non-hydrogen) atoms. The normalized spacial score (nSPS) is 17.0. The van der Waals surface area contributed by atoms with Gasteiger partial charge in [-0.1, -0.05) is 47.4 Å². The van der Waals surface area contributed by atoms with E-state index in [9.17, 15) is 24.0 Å². The van der Waals surface area contributed by atoms with Gasteiger partial charge in [0.1, 0.15) is 0 Å². The van der Waals surface area contributed by atoms with Gasteiger partial charge in [0.25, 0.3) is 11.3 Å². The highest BCUT2D eigenvalue weighted by Crippen LogP contribution is 2.47. The lowest BCUT2D eigenvalue weighted by Gasteiger charge is -2.40. The van der Waals surface area contributed by atoms with E-state index in [4.69, 9.17) is 9.47 Å². The van der Waals surface area contributed by atoms with E-state index < -0.39 is 35.3 Å². The molecule has 3 aliphatic heterocycles. The van der Waals surface area contributed by atoms with E-state index >= 15 is 0 Å². The standard InChI is InChI=1S/C48H34N6O6.C3H7NO/c1-3-59-43(55)47-48(44(56)60-4-2)53(45(57)51-47)31-41-39(19-17-35-9-5-33(6-10-35)13-15-37-23-27-49-28-24-37)21-22-40(42(41)32-54(48)46(58)52-47)20-18-36-11-7-34(8-12-36)14-16-38-25-29-50-30-26-38;1-4(2)3-5/h5-12,21-30H,3-4,31-32H2,1-2H3,(H,51,57)(H,52,58);3H,1-2H3. The van der Waals surface area contributed by atoms with E-state index in [1.165, 1.54) is 4.90 Å². The molecule has 0 saturated carbocycles. The SMILES string of the molecule is CCOC(=O)C12NC(=O)N3Cc4c(C#Cc5ccc(C#Cc6ccncc6)cc5)ccc(C#Cc5ccc(C#Cc6ccncc6)cc5)c4CN(C(=O)N1)C32C(=O)OCC.CN(C)C=O. The van der Waals surface area contributed by atoms with Crippen molar-refractivity contribution in [3.8, 4) is 47.4 Å². The summed E-state index contributed by atoms with van der Waals surface area (Å²) in [6, 6.07) is 24.3. The minimum atomic E-state index is -2.31. The Morgan fingerprint density at radius 3 is 1.25 bits per heavy atom. The summed E-state index contributed by atoms with van der Waals surface area (Å²) in [5.74, 6) is 23.4. The molecule has 0 unspecified atom stereocenters. The Morgan fingerprint density at radius 1 is 0.585 bits per heavy atom. The Kier molecular flexibility index (Phi) is 13.2. The van der Waals surface area contributed by atoms with E-state index in [1.807, 2.05) is 72.8 Å². The Morgan fingerprint density at radius 2 is 0.908 bits per heavy atom. The van der Waals surface area contributed by atoms with Crippen molar-refractivity contribution in [3.63, 3.8) is 0 Å². The van der Waals surface area contributed by atoms with Crippen molar-refractivity contribution >= 4 is 30.4 Å². The van der Waals surface area contributed by atoms with Crippen LogP contribution in [0.5, 0.6) is 0 Å². The van der Waals surface area contributed by atoms with Crippen LogP contribution in [0.1, 0.15) is 69.5 Å². The zero-order valence-corrected chi connectivity index (χ0v) is 35.9. The maximum atomic E-state index is 14.3. The molecule has 5 heterocycles. The van der Waals surface area contributed by atoms with Crippen molar-refractivity contribution in [2.75, 3.05) is 27.3 Å². The van der Waals surface area contributed by atoms with Gasteiger partial charge in [0.2, 0.25) is 6.41 Å². The van der Waals surface area contributed by atoms with E-state index in [1.54, 1.807) is 64.9 Å². The topological polar surface area (TPSA) is 163 Å². The van der Waals surface area contributed by atoms with Crippen LogP contribution in [0.25, 0.3) is 0 Å². The molecular weight excluding hydrogens is 823 g/mol. The lowest BCUT2D eigenvalue weighted by Crippen LogP contribution is -2.74. The molecule has 0 bridgehead atoms. The molecule has 5 aromatic rings. The first-order valence-electron chi connectivity index (χ1n) is 20.4. The number of urea groups is 2. The van der Waals surface area contributed by atoms with Crippen LogP contribution in [-0.2, 0) is 36.9 Å². The van der Waals surface area contributed by atoms with Gasteiger partial charge < -0.3 is 25.0 Å². The number of aromatic nitrogens is 2. The molecule has 2 fully saturated rings. The first-order valence-corrected chi connectivity index (χ1v) is 20.4. The first-order chi connectivity index (χ1) is 31.5. The van der Waals surface area contributed by atoms with Gasteiger partial charge in [-0.3, -0.25) is 24.6 Å². The van der Waals surface area contributed by atoms with E-state index in [2.05, 4.69) is 68.0 Å². The number of rotatable bonds is 5. The Balaban J connectivity index is 0.00000120. The van der Waals surface area contributed by atoms with Gasteiger partial charge in [-0.15, -0.1) is 0 Å². The summed E-state index contributed by atoms with van der Waals surface area (Å²) >= 11 is 0. The zero-order chi connectivity index (χ0) is 46.0. The third kappa shape index (κ3) is 9.06. The summed E-state index contributed by atoms with van der Waals surface area (Å²) in [6.07, 6.45) is 7.50. The largest absolute Gasteiger partial charge is 0.463 e. The van der Waals surface area contributed by atoms with Gasteiger partial charge in [0.15, 0.2) is 0 Å². The summed E-state index contributed by atoms with van der Waals surface area (Å²) in [5, 5.41) is 5.18. The lowest BCUT2D eigenvalue weighted by atomic mass is 9.93. The number of hydrogen-bond donors (Lipinski definition) is 2. The molecule has 0 atom stereocenters. The van der Waals surface area contributed by atoms with Crippen molar-refractivity contribution in [1.29, 1.82) is 0 Å². The molecule has 322 valence electrons. The molecule has 3 aliphatic rings. The summed E-state index contributed by atoms with van der Waals surface area (Å²) in [4.78, 5) is 77.4. The Bertz CT molecular complexity index is 2740. The smallest absolute Gasteiger partial charge is 0.358 e. The van der Waals surface area contributed by atoms with Crippen molar-refractivity contribution in [3.05, 3.63) is 165 Å². The predicted molar refractivity (Wildman–Crippen MR) is 238 cm³/mol. The molecule has 2 aromatic heterocycles. The highest BCUT2D eigenvalue weighted by molar-refractivity contribution is 6.09. The summed E-state index contributed by atoms with van der Waals surface area (Å²) in [5.41, 5.74) is 2.21. The van der Waals surface area contributed by atoms with E-state index in [0.29, 0.717) is 33.4 Å². The summed E-state index contributed by atoms with van der Waals surface area (Å²) < 4.78 is 10.9. The maximum absolute atomic E-state index is 14.3. The number of amides is 5. The van der Waals surface area contributed by atoms with Crippen LogP contribution in [0.3, 0.4) is 0 Å². The van der Waals surface area contributed by atoms with Gasteiger partial charge in [0, 0.05) is 83.4 Å². The highest BCUT2D eigenvalue weighted by Gasteiger charge is 2.82. The van der Waals surface area contributed by atoms with Gasteiger partial charge in [-0.05, 0) is 110 Å². The lowest BCUT2D eigenvalue weighted by molar-refractivity contribution is -0.178. The van der Waals surface area contributed by atoms with Crippen LogP contribution in [-0.4, -0.2) is 93.7 Å². The van der Waals surface area contributed by atoms with Crippen LogP contribution >= 0.6 is 0 Å². The molecule has 0 aliphatic carbocycles. The number of carbonyl (C=O) groups is 5. The van der Waals surface area contributed by atoms with Gasteiger partial charge in [-0.25, -0.2) is 19.2 Å². The second-order valence-electron chi connectivity index (χ2n) is 14.7. The molecule has 14 heteroatoms. The Hall–Kier alpha value is -8.85. The number of nitrogens with one attached hydrogen (secondary N) is 2. The van der Waals surface area contributed by atoms with Crippen LogP contribution in [0.4, 0.5) is 9.59 Å². The van der Waals surface area contributed by atoms with Crippen LogP contribution in [0.2, 0.25) is 0 Å². The molecule has 0 radical (unpaired) electrons. The average molecular weight is 864 g/mol. The highest BCUT2D eigenvalue weighted by atomic mass is 16.5. The van der Waals surface area contributed by atoms with Gasteiger partial charge in [-0.2, -0.15) is 0 Å². The van der Waals surface area contributed by atoms with Gasteiger partial charge in [0.05, 0.1) is 26.3 Å². The average Bonchev–Trinajstić information content (AvgIpc) is 3.62. The molecule has 14 nitrogen and oxygen atoms in total. The second-order valence-corrected chi connectivity index (χ2v) is 14.7. The first kappa shape index (κ1) is 44.2. The minimum absolute atomic E-state index is 0.0818. The monoisotopic (exact) mass is 863 g/mol. The summed E-state index contributed by atoms with van der Waals surface area (Å²) in [7, 11) is 3.38. The number of esters is 2. The summed E-state index contributed by atoms with van der Waals surface area (Å²) in [6.45, 7) is 2.54. The molecular formula is C51H41N7O7. The quantitative estimate of drug-likeness (QED) is 0.149. The zero-order valence-electron chi connectivity index (χ0n) is 35.9. The molecule has 3 aromatic carbocycles. The number of carbonyl (C=O) groups excluding carboxylic acids is 5. The number of hydrogen-bond acceptors (Lipinski definition) is 9. The van der Waals surface area contributed by atoms with E-state index in [0.717, 1.165) is 38.5 Å². The maximum Gasteiger partial charge on any atom is 0.358 e. The fraction of sp³-hybridized carbons (Fsp3) is 0.196. The van der Waals surface area contributed by atoms with Crippen molar-refractivity contribution in [2.24, 2.45) is 0 Å². The number of fused-ring (bicyclic) bond motifs is 1.